The molecule has 5 heteroatoms. The van der Waals surface area contributed by atoms with Gasteiger partial charge in [0.25, 0.3) is 0 Å². The summed E-state index contributed by atoms with van der Waals surface area (Å²) in [6.45, 7) is -0.250. The van der Waals surface area contributed by atoms with E-state index in [1.807, 2.05) is 0 Å². The molecule has 0 atom stereocenters. The summed E-state index contributed by atoms with van der Waals surface area (Å²) in [5.41, 5.74) is 0. The number of carbonyl (C=O) groups is 2. The van der Waals surface area contributed by atoms with Crippen LogP contribution in [0.25, 0.3) is 0 Å². The Morgan fingerprint density at radius 2 is 1.45 bits per heavy atom. The molecule has 2 N–H and O–H groups in total. The van der Waals surface area contributed by atoms with Crippen molar-refractivity contribution in [3.8, 4) is 0 Å². The fourth-order valence-corrected chi connectivity index (χ4v) is 0.303. The second kappa shape index (κ2) is 5.57. The van der Waals surface area contributed by atoms with Crippen molar-refractivity contribution in [1.82, 2.24) is 0 Å². The van der Waals surface area contributed by atoms with Crippen LogP contribution in [0.4, 0.5) is 0 Å². The molecule has 0 aromatic rings. The van der Waals surface area contributed by atoms with Crippen molar-refractivity contribution in [2.45, 2.75) is 0 Å². The molecule has 62 valence electrons. The van der Waals surface area contributed by atoms with E-state index in [0.717, 1.165) is 12.2 Å². The number of rotatable bonds is 1. The maximum Gasteiger partial charge on any atom is 0.338 e. The largest absolute Gasteiger partial charge is 0.394 e. The van der Waals surface area contributed by atoms with Crippen LogP contribution in [-0.2, 0) is 14.3 Å². The van der Waals surface area contributed by atoms with Gasteiger partial charge in [-0.25, -0.2) is 9.59 Å². The van der Waals surface area contributed by atoms with E-state index >= 15 is 0 Å². The Labute approximate surface area is 62.9 Å². The Balaban J connectivity index is 0.000000218. The minimum Gasteiger partial charge on any atom is -0.394 e. The highest BCUT2D eigenvalue weighted by Crippen LogP contribution is 1.92. The third-order valence-electron chi connectivity index (χ3n) is 0.657. The highest BCUT2D eigenvalue weighted by molar-refractivity contribution is 6.04. The first-order valence-corrected chi connectivity index (χ1v) is 2.86. The fourth-order valence-electron chi connectivity index (χ4n) is 0.303. The molecule has 1 aliphatic heterocycles. The average molecular weight is 160 g/mol. The summed E-state index contributed by atoms with van der Waals surface area (Å²) in [6.07, 6.45) is 2.17. The van der Waals surface area contributed by atoms with Crippen LogP contribution in [0, 0.1) is 0 Å². The van der Waals surface area contributed by atoms with Gasteiger partial charge in [0.2, 0.25) is 0 Å². The molecular weight excluding hydrogens is 152 g/mol. The average Bonchev–Trinajstić information content (AvgIpc) is 2.35. The van der Waals surface area contributed by atoms with Gasteiger partial charge in [0.05, 0.1) is 13.2 Å². The van der Waals surface area contributed by atoms with E-state index in [-0.39, 0.29) is 13.2 Å². The summed E-state index contributed by atoms with van der Waals surface area (Å²) in [5.74, 6) is -1.16. The van der Waals surface area contributed by atoms with Gasteiger partial charge in [-0.15, -0.1) is 0 Å². The van der Waals surface area contributed by atoms with Crippen LogP contribution < -0.4 is 0 Å². The smallest absolute Gasteiger partial charge is 0.338 e. The van der Waals surface area contributed by atoms with Gasteiger partial charge in [-0.3, -0.25) is 0 Å². The quantitative estimate of drug-likeness (QED) is 0.364. The molecule has 0 bridgehead atoms. The van der Waals surface area contributed by atoms with Crippen molar-refractivity contribution in [2.24, 2.45) is 0 Å². The summed E-state index contributed by atoms with van der Waals surface area (Å²) >= 11 is 0. The Kier molecular flexibility index (Phi) is 4.97. The van der Waals surface area contributed by atoms with Crippen molar-refractivity contribution < 1.29 is 24.5 Å². The van der Waals surface area contributed by atoms with Crippen LogP contribution in [0.2, 0.25) is 0 Å². The minimum atomic E-state index is -0.579. The highest BCUT2D eigenvalue weighted by Gasteiger charge is 2.10. The maximum absolute atomic E-state index is 9.92. The van der Waals surface area contributed by atoms with Crippen LogP contribution in [0.1, 0.15) is 0 Å². The highest BCUT2D eigenvalue weighted by atomic mass is 16.6. The number of hydrogen-bond acceptors (Lipinski definition) is 5. The lowest BCUT2D eigenvalue weighted by atomic mass is 10.6. The fraction of sp³-hybridized carbons (Fsp3) is 0.333. The standard InChI is InChI=1S/C4H2O3.C2H6O2/c5-3-1-2-4(6)7-3;3-1-2-4/h1-2H;3-4H,1-2H2. The van der Waals surface area contributed by atoms with Gasteiger partial charge in [0.15, 0.2) is 0 Å². The predicted molar refractivity (Wildman–Crippen MR) is 34.4 cm³/mol. The summed E-state index contributed by atoms with van der Waals surface area (Å²) in [7, 11) is 0. The van der Waals surface area contributed by atoms with E-state index in [1.54, 1.807) is 0 Å². The second-order valence-corrected chi connectivity index (χ2v) is 1.52. The Hall–Kier alpha value is -1.20. The topological polar surface area (TPSA) is 83.8 Å². The number of aliphatic hydroxyl groups excluding tert-OH is 2. The van der Waals surface area contributed by atoms with Gasteiger partial charge in [-0.2, -0.15) is 0 Å². The normalized spacial score (nSPS) is 14.0. The zero-order chi connectivity index (χ0) is 8.69. The molecule has 5 nitrogen and oxygen atoms in total. The first-order chi connectivity index (χ1) is 5.20. The number of cyclic esters (lactones) is 2. The van der Waals surface area contributed by atoms with E-state index < -0.39 is 11.9 Å². The van der Waals surface area contributed by atoms with Crippen LogP contribution in [0.15, 0.2) is 12.2 Å². The molecule has 1 heterocycles. The molecule has 0 spiro atoms. The Morgan fingerprint density at radius 3 is 1.55 bits per heavy atom. The van der Waals surface area contributed by atoms with E-state index in [0.29, 0.717) is 0 Å². The molecule has 0 saturated heterocycles. The van der Waals surface area contributed by atoms with Crippen molar-refractivity contribution >= 4 is 11.9 Å². The minimum absolute atomic E-state index is 0.125. The summed E-state index contributed by atoms with van der Waals surface area (Å²) in [4.78, 5) is 19.8. The van der Waals surface area contributed by atoms with Crippen molar-refractivity contribution in [2.75, 3.05) is 13.2 Å². The number of hydrogen-bond donors (Lipinski definition) is 2. The molecule has 0 unspecified atom stereocenters. The molecule has 0 aromatic carbocycles. The van der Waals surface area contributed by atoms with Gasteiger partial charge < -0.3 is 14.9 Å². The number of esters is 2. The molecule has 1 aliphatic rings. The molecule has 1 rings (SSSR count). The van der Waals surface area contributed by atoms with Gasteiger partial charge in [0, 0.05) is 12.2 Å². The molecule has 0 aromatic heterocycles. The molecule has 0 radical (unpaired) electrons. The van der Waals surface area contributed by atoms with Crippen LogP contribution in [0.3, 0.4) is 0 Å². The van der Waals surface area contributed by atoms with Crippen molar-refractivity contribution in [3.63, 3.8) is 0 Å². The molecule has 0 aliphatic carbocycles. The van der Waals surface area contributed by atoms with Crippen molar-refractivity contribution in [1.29, 1.82) is 0 Å². The first-order valence-electron chi connectivity index (χ1n) is 2.86. The molecule has 0 saturated carbocycles. The lowest BCUT2D eigenvalue weighted by molar-refractivity contribution is -0.150. The SMILES string of the molecule is O=C1C=CC(=O)O1.OCCO. The lowest BCUT2D eigenvalue weighted by Gasteiger charge is -1.80. The van der Waals surface area contributed by atoms with E-state index in [1.165, 1.54) is 0 Å². The third kappa shape index (κ3) is 5.25. The summed E-state index contributed by atoms with van der Waals surface area (Å²) < 4.78 is 3.97. The van der Waals surface area contributed by atoms with Crippen LogP contribution in [-0.4, -0.2) is 35.4 Å². The van der Waals surface area contributed by atoms with Gasteiger partial charge in [-0.05, 0) is 0 Å². The predicted octanol–water partition coefficient (Wildman–Crippen LogP) is -1.40. The Bertz CT molecular complexity index is 154. The second-order valence-electron chi connectivity index (χ2n) is 1.52. The van der Waals surface area contributed by atoms with Gasteiger partial charge >= 0.3 is 11.9 Å². The zero-order valence-corrected chi connectivity index (χ0v) is 5.69. The van der Waals surface area contributed by atoms with Crippen LogP contribution in [0.5, 0.6) is 0 Å². The molecule has 0 amide bonds. The van der Waals surface area contributed by atoms with E-state index in [2.05, 4.69) is 4.74 Å². The molecular formula is C6H8O5. The maximum atomic E-state index is 9.92. The number of carbonyl (C=O) groups excluding carboxylic acids is 2. The first kappa shape index (κ1) is 9.80. The van der Waals surface area contributed by atoms with E-state index in [4.69, 9.17) is 10.2 Å². The van der Waals surface area contributed by atoms with Gasteiger partial charge in [0.1, 0.15) is 0 Å². The third-order valence-corrected chi connectivity index (χ3v) is 0.657. The summed E-state index contributed by atoms with van der Waals surface area (Å²) in [5, 5.41) is 15.2. The Morgan fingerprint density at radius 1 is 1.09 bits per heavy atom. The zero-order valence-electron chi connectivity index (χ0n) is 5.69. The van der Waals surface area contributed by atoms with Crippen LogP contribution >= 0.6 is 0 Å². The number of ether oxygens (including phenoxy) is 1. The number of aliphatic hydroxyl groups is 2. The molecule has 11 heavy (non-hydrogen) atoms. The van der Waals surface area contributed by atoms with Gasteiger partial charge in [-0.1, -0.05) is 0 Å². The lowest BCUT2D eigenvalue weighted by Crippen LogP contribution is -1.96. The van der Waals surface area contributed by atoms with Crippen molar-refractivity contribution in [3.05, 3.63) is 12.2 Å². The molecule has 0 fully saturated rings. The summed E-state index contributed by atoms with van der Waals surface area (Å²) in [6, 6.07) is 0. The monoisotopic (exact) mass is 160 g/mol. The van der Waals surface area contributed by atoms with E-state index in [9.17, 15) is 9.59 Å².